The van der Waals surface area contributed by atoms with Crippen molar-refractivity contribution in [2.45, 2.75) is 13.8 Å². The van der Waals surface area contributed by atoms with E-state index in [0.717, 1.165) is 22.5 Å². The molecule has 0 fully saturated rings. The van der Waals surface area contributed by atoms with Crippen molar-refractivity contribution in [3.8, 4) is 0 Å². The Labute approximate surface area is 130 Å². The number of rotatable bonds is 3. The van der Waals surface area contributed by atoms with Gasteiger partial charge in [0.1, 0.15) is 0 Å². The summed E-state index contributed by atoms with van der Waals surface area (Å²) in [7, 11) is 3.72. The van der Waals surface area contributed by atoms with Gasteiger partial charge in [0.25, 0.3) is 0 Å². The molecule has 4 heteroatoms. The van der Waals surface area contributed by atoms with Crippen molar-refractivity contribution in [1.82, 2.24) is 0 Å². The summed E-state index contributed by atoms with van der Waals surface area (Å²) in [6.07, 6.45) is 0. The molecule has 2 rings (SSSR count). The van der Waals surface area contributed by atoms with E-state index in [1.54, 1.807) is 4.90 Å². The highest BCUT2D eigenvalue weighted by Gasteiger charge is 2.18. The number of para-hydroxylation sites is 2. The number of amides is 1. The third-order valence-electron chi connectivity index (χ3n) is 3.38. The minimum atomic E-state index is -0.00115. The molecule has 0 unspecified atom stereocenters. The first-order chi connectivity index (χ1) is 10.0. The Bertz CT molecular complexity index is 608. The minimum absolute atomic E-state index is 0.00115. The van der Waals surface area contributed by atoms with Crippen LogP contribution in [0.15, 0.2) is 48.5 Å². The van der Waals surface area contributed by atoms with Gasteiger partial charge in [0.15, 0.2) is 0 Å². The molecular formula is C17H20N2OS. The Kier molecular flexibility index (Phi) is 4.91. The first kappa shape index (κ1) is 15.4. The molecule has 0 heterocycles. The summed E-state index contributed by atoms with van der Waals surface area (Å²) < 4.78 is 1.88. The fourth-order valence-corrected chi connectivity index (χ4v) is 2.97. The summed E-state index contributed by atoms with van der Waals surface area (Å²) in [6.45, 7) is 4.05. The molecule has 21 heavy (non-hydrogen) atoms. The molecule has 1 amide bonds. The molecule has 0 spiro atoms. The Morgan fingerprint density at radius 2 is 1.48 bits per heavy atom. The highest BCUT2D eigenvalue weighted by Crippen LogP contribution is 2.28. The zero-order valence-corrected chi connectivity index (χ0v) is 13.6. The van der Waals surface area contributed by atoms with Crippen LogP contribution in [0.2, 0.25) is 0 Å². The van der Waals surface area contributed by atoms with Crippen LogP contribution in [0.3, 0.4) is 0 Å². The van der Waals surface area contributed by atoms with Crippen molar-refractivity contribution >= 4 is 28.6 Å². The number of carbonyl (C=O) groups is 1. The van der Waals surface area contributed by atoms with Gasteiger partial charge < -0.3 is 9.21 Å². The summed E-state index contributed by atoms with van der Waals surface area (Å²) in [6, 6.07) is 15.9. The molecule has 0 saturated heterocycles. The summed E-state index contributed by atoms with van der Waals surface area (Å²) >= 11 is 1.19. The van der Waals surface area contributed by atoms with Gasteiger partial charge in [-0.05, 0) is 37.1 Å². The van der Waals surface area contributed by atoms with Crippen LogP contribution in [0.4, 0.5) is 16.2 Å². The van der Waals surface area contributed by atoms with Crippen LogP contribution in [0.1, 0.15) is 11.1 Å². The lowest BCUT2D eigenvalue weighted by Crippen LogP contribution is -2.27. The number of nitrogens with zero attached hydrogens (tertiary/aromatic N) is 2. The Hall–Kier alpha value is -1.94. The van der Waals surface area contributed by atoms with Crippen molar-refractivity contribution in [2.75, 3.05) is 23.3 Å². The summed E-state index contributed by atoms with van der Waals surface area (Å²) in [5.74, 6) is 0. The number of anilines is 2. The number of carbonyl (C=O) groups excluding carboxylic acids is 1. The van der Waals surface area contributed by atoms with Gasteiger partial charge in [-0.3, -0.25) is 4.79 Å². The molecule has 110 valence electrons. The van der Waals surface area contributed by atoms with Gasteiger partial charge in [-0.15, -0.1) is 0 Å². The molecule has 0 aliphatic rings. The highest BCUT2D eigenvalue weighted by molar-refractivity contribution is 8.15. The van der Waals surface area contributed by atoms with Crippen LogP contribution in [0.5, 0.6) is 0 Å². The van der Waals surface area contributed by atoms with Gasteiger partial charge in [-0.2, -0.15) is 0 Å². The molecule has 2 aromatic carbocycles. The summed E-state index contributed by atoms with van der Waals surface area (Å²) in [5.41, 5.74) is 4.20. The maximum absolute atomic E-state index is 12.5. The van der Waals surface area contributed by atoms with E-state index in [-0.39, 0.29) is 5.24 Å². The van der Waals surface area contributed by atoms with E-state index in [9.17, 15) is 4.79 Å². The lowest BCUT2D eigenvalue weighted by atomic mass is 10.1. The molecule has 0 saturated carbocycles. The first-order valence-electron chi connectivity index (χ1n) is 6.81. The van der Waals surface area contributed by atoms with E-state index in [1.165, 1.54) is 11.9 Å². The second kappa shape index (κ2) is 6.68. The largest absolute Gasteiger partial charge is 0.311 e. The maximum atomic E-state index is 12.5. The molecule has 0 N–H and O–H groups in total. The molecule has 3 nitrogen and oxygen atoms in total. The first-order valence-corrected chi connectivity index (χ1v) is 7.58. The predicted octanol–water partition coefficient (Wildman–Crippen LogP) is 4.64. The quantitative estimate of drug-likeness (QED) is 0.771. The van der Waals surface area contributed by atoms with Gasteiger partial charge in [0, 0.05) is 25.5 Å². The molecular weight excluding hydrogens is 280 g/mol. The summed E-state index contributed by atoms with van der Waals surface area (Å²) in [4.78, 5) is 14.2. The zero-order valence-electron chi connectivity index (χ0n) is 12.8. The third kappa shape index (κ3) is 3.58. The molecule has 0 bridgehead atoms. The topological polar surface area (TPSA) is 23.6 Å². The minimum Gasteiger partial charge on any atom is -0.311 e. The van der Waals surface area contributed by atoms with Gasteiger partial charge in [0.05, 0.1) is 11.9 Å². The highest BCUT2D eigenvalue weighted by atomic mass is 32.2. The SMILES string of the molecule is Cc1cccc(C)c1N(C)C(=O)SN(C)c1ccccc1. The van der Waals surface area contributed by atoms with Crippen molar-refractivity contribution in [1.29, 1.82) is 0 Å². The fraction of sp³-hybridized carbons (Fsp3) is 0.235. The van der Waals surface area contributed by atoms with E-state index in [4.69, 9.17) is 0 Å². The Morgan fingerprint density at radius 1 is 0.905 bits per heavy atom. The normalized spacial score (nSPS) is 10.3. The molecule has 0 aliphatic heterocycles. The Morgan fingerprint density at radius 3 is 2.05 bits per heavy atom. The van der Waals surface area contributed by atoms with Crippen LogP contribution < -0.4 is 9.21 Å². The van der Waals surface area contributed by atoms with Crippen molar-refractivity contribution < 1.29 is 4.79 Å². The molecule has 0 atom stereocenters. The molecule has 0 aliphatic carbocycles. The maximum Gasteiger partial charge on any atom is 0.306 e. The van der Waals surface area contributed by atoms with E-state index in [1.807, 2.05) is 80.8 Å². The second-order valence-corrected chi connectivity index (χ2v) is 6.07. The van der Waals surface area contributed by atoms with E-state index in [2.05, 4.69) is 0 Å². The number of benzene rings is 2. The monoisotopic (exact) mass is 300 g/mol. The van der Waals surface area contributed by atoms with Crippen LogP contribution >= 0.6 is 11.9 Å². The van der Waals surface area contributed by atoms with Gasteiger partial charge in [-0.1, -0.05) is 36.4 Å². The second-order valence-electron chi connectivity index (χ2n) is 4.99. The van der Waals surface area contributed by atoms with Crippen LogP contribution in [0.25, 0.3) is 0 Å². The standard InChI is InChI=1S/C17H20N2OS/c1-13-9-8-10-14(2)16(13)18(3)17(20)21-19(4)15-11-6-5-7-12-15/h5-12H,1-4H3. The van der Waals surface area contributed by atoms with Gasteiger partial charge in [-0.25, -0.2) is 0 Å². The average Bonchev–Trinajstić information content (AvgIpc) is 2.47. The lowest BCUT2D eigenvalue weighted by Gasteiger charge is -2.24. The van der Waals surface area contributed by atoms with Crippen molar-refractivity contribution in [2.24, 2.45) is 0 Å². The fourth-order valence-electron chi connectivity index (χ4n) is 2.30. The molecule has 0 radical (unpaired) electrons. The number of hydrogen-bond acceptors (Lipinski definition) is 3. The van der Waals surface area contributed by atoms with E-state index < -0.39 is 0 Å². The predicted molar refractivity (Wildman–Crippen MR) is 92.2 cm³/mol. The van der Waals surface area contributed by atoms with Gasteiger partial charge in [0.2, 0.25) is 0 Å². The average molecular weight is 300 g/mol. The van der Waals surface area contributed by atoms with E-state index >= 15 is 0 Å². The Balaban J connectivity index is 2.13. The van der Waals surface area contributed by atoms with Crippen molar-refractivity contribution in [3.63, 3.8) is 0 Å². The van der Waals surface area contributed by atoms with Crippen molar-refractivity contribution in [3.05, 3.63) is 59.7 Å². The molecule has 0 aromatic heterocycles. The zero-order chi connectivity index (χ0) is 15.4. The third-order valence-corrected chi connectivity index (χ3v) is 4.30. The van der Waals surface area contributed by atoms with Crippen LogP contribution in [0, 0.1) is 13.8 Å². The number of hydrogen-bond donors (Lipinski definition) is 0. The number of aryl methyl sites for hydroxylation is 2. The van der Waals surface area contributed by atoms with Crippen LogP contribution in [-0.4, -0.2) is 19.3 Å². The van der Waals surface area contributed by atoms with Gasteiger partial charge >= 0.3 is 5.24 Å². The van der Waals surface area contributed by atoms with Crippen LogP contribution in [-0.2, 0) is 0 Å². The molecule has 2 aromatic rings. The lowest BCUT2D eigenvalue weighted by molar-refractivity contribution is 0.266. The summed E-state index contributed by atoms with van der Waals surface area (Å²) in [5, 5.41) is -0.00115. The van der Waals surface area contributed by atoms with E-state index in [0.29, 0.717) is 0 Å². The smallest absolute Gasteiger partial charge is 0.306 e.